The van der Waals surface area contributed by atoms with Gasteiger partial charge in [0.1, 0.15) is 0 Å². The number of pyridine rings is 2. The molecule has 4 rings (SSSR count). The van der Waals surface area contributed by atoms with Crippen molar-refractivity contribution >= 4 is 41.6 Å². The van der Waals surface area contributed by atoms with Crippen LogP contribution in [0.4, 0.5) is 0 Å². The number of carbonyl (C=O) groups is 1. The maximum Gasteiger partial charge on any atom is 0.254 e. The van der Waals surface area contributed by atoms with Gasteiger partial charge < -0.3 is 10.2 Å². The molecule has 0 bridgehead atoms. The van der Waals surface area contributed by atoms with E-state index in [4.69, 9.17) is 4.98 Å². The van der Waals surface area contributed by atoms with Crippen molar-refractivity contribution in [1.29, 1.82) is 0 Å². The van der Waals surface area contributed by atoms with Gasteiger partial charge in [0.2, 0.25) is 0 Å². The fraction of sp³-hybridized carbons (Fsp3) is 0.318. The molecule has 2 aromatic heterocycles. The number of likely N-dealkylation sites (tertiary alicyclic amines) is 1. The number of piperidine rings is 1. The van der Waals surface area contributed by atoms with Crippen molar-refractivity contribution < 1.29 is 4.79 Å². The Balaban J connectivity index is 0.00000150. The number of hydrogen-bond donors (Lipinski definition) is 1. The summed E-state index contributed by atoms with van der Waals surface area (Å²) >= 11 is 0. The van der Waals surface area contributed by atoms with Crippen LogP contribution in [0.25, 0.3) is 22.2 Å². The number of carbonyl (C=O) groups excluding carboxylic acids is 1. The Morgan fingerprint density at radius 3 is 2.59 bits per heavy atom. The van der Waals surface area contributed by atoms with Gasteiger partial charge in [0.05, 0.1) is 16.8 Å². The van der Waals surface area contributed by atoms with E-state index in [0.29, 0.717) is 5.92 Å². The molecule has 1 amide bonds. The number of rotatable bonds is 4. The van der Waals surface area contributed by atoms with Gasteiger partial charge in [-0.25, -0.2) is 4.98 Å². The molecule has 1 aliphatic heterocycles. The van der Waals surface area contributed by atoms with Crippen LogP contribution in [0.15, 0.2) is 54.9 Å². The number of amides is 1. The van der Waals surface area contributed by atoms with Crippen LogP contribution < -0.4 is 5.32 Å². The highest BCUT2D eigenvalue weighted by Gasteiger charge is 2.25. The van der Waals surface area contributed by atoms with E-state index in [1.165, 1.54) is 0 Å². The maximum atomic E-state index is 13.3. The van der Waals surface area contributed by atoms with Crippen LogP contribution in [-0.4, -0.2) is 47.5 Å². The summed E-state index contributed by atoms with van der Waals surface area (Å²) in [5, 5.41) is 4.16. The molecular weight excluding hydrogens is 407 g/mol. The molecule has 0 aliphatic carbocycles. The van der Waals surface area contributed by atoms with E-state index < -0.39 is 0 Å². The lowest BCUT2D eigenvalue weighted by molar-refractivity contribution is 0.0693. The lowest BCUT2D eigenvalue weighted by Gasteiger charge is -2.32. The summed E-state index contributed by atoms with van der Waals surface area (Å²) < 4.78 is 0. The van der Waals surface area contributed by atoms with E-state index in [2.05, 4.69) is 10.3 Å². The Bertz CT molecular complexity index is 944. The van der Waals surface area contributed by atoms with Crippen LogP contribution in [-0.2, 0) is 0 Å². The van der Waals surface area contributed by atoms with Gasteiger partial charge in [0.25, 0.3) is 5.91 Å². The number of hydrogen-bond acceptors (Lipinski definition) is 4. The molecule has 5 nitrogen and oxygen atoms in total. The van der Waals surface area contributed by atoms with Gasteiger partial charge in [0.15, 0.2) is 0 Å². The molecule has 0 spiro atoms. The van der Waals surface area contributed by atoms with Gasteiger partial charge in [-0.15, -0.1) is 24.8 Å². The zero-order valence-electron chi connectivity index (χ0n) is 16.4. The predicted octanol–water partition coefficient (Wildman–Crippen LogP) is 4.21. The Morgan fingerprint density at radius 1 is 1.14 bits per heavy atom. The minimum atomic E-state index is 0. The summed E-state index contributed by atoms with van der Waals surface area (Å²) in [6, 6.07) is 13.6. The summed E-state index contributed by atoms with van der Waals surface area (Å²) in [7, 11) is 1.99. The third-order valence-corrected chi connectivity index (χ3v) is 5.30. The zero-order chi connectivity index (χ0) is 18.6. The van der Waals surface area contributed by atoms with E-state index >= 15 is 0 Å². The van der Waals surface area contributed by atoms with Gasteiger partial charge >= 0.3 is 0 Å². The number of nitrogens with one attached hydrogen (secondary N) is 1. The molecule has 3 heterocycles. The average molecular weight is 433 g/mol. The summed E-state index contributed by atoms with van der Waals surface area (Å²) in [5.74, 6) is 0.751. The van der Waals surface area contributed by atoms with Crippen LogP contribution in [0.3, 0.4) is 0 Å². The molecule has 29 heavy (non-hydrogen) atoms. The first-order chi connectivity index (χ1) is 13.3. The standard InChI is InChI=1S/C22H24N4O.2ClH/c1-23-14-16-8-11-26(12-9-16)22(27)19-13-21(17-5-4-10-24-15-17)25-20-7-3-2-6-18(19)20;;/h2-7,10,13,15-16,23H,8-9,11-12,14H2,1H3;2*1H. The van der Waals surface area contributed by atoms with Crippen LogP contribution in [0, 0.1) is 5.92 Å². The maximum absolute atomic E-state index is 13.3. The van der Waals surface area contributed by atoms with E-state index in [1.54, 1.807) is 12.4 Å². The lowest BCUT2D eigenvalue weighted by Crippen LogP contribution is -2.40. The number of para-hydroxylation sites is 1. The Hall–Kier alpha value is -2.21. The van der Waals surface area contributed by atoms with Crippen molar-refractivity contribution in [3.05, 3.63) is 60.4 Å². The molecule has 0 radical (unpaired) electrons. The Labute approximate surface area is 183 Å². The monoisotopic (exact) mass is 432 g/mol. The molecule has 1 fully saturated rings. The second kappa shape index (κ2) is 10.5. The molecule has 1 aromatic carbocycles. The normalized spacial score (nSPS) is 14.2. The van der Waals surface area contributed by atoms with Crippen molar-refractivity contribution in [3.8, 4) is 11.3 Å². The molecule has 7 heteroatoms. The first-order valence-corrected chi connectivity index (χ1v) is 9.50. The van der Waals surface area contributed by atoms with Crippen molar-refractivity contribution in [1.82, 2.24) is 20.2 Å². The molecular formula is C22H26Cl2N4O. The second-order valence-corrected chi connectivity index (χ2v) is 7.11. The minimum absolute atomic E-state index is 0. The fourth-order valence-electron chi connectivity index (χ4n) is 3.81. The molecule has 154 valence electrons. The van der Waals surface area contributed by atoms with Gasteiger partial charge in [-0.2, -0.15) is 0 Å². The molecule has 1 saturated heterocycles. The van der Waals surface area contributed by atoms with Crippen LogP contribution in [0.5, 0.6) is 0 Å². The van der Waals surface area contributed by atoms with Crippen molar-refractivity contribution in [2.75, 3.05) is 26.7 Å². The SMILES string of the molecule is CNCC1CCN(C(=O)c2cc(-c3cccnc3)nc3ccccc23)CC1.Cl.Cl. The van der Waals surface area contributed by atoms with Crippen LogP contribution in [0.2, 0.25) is 0 Å². The average Bonchev–Trinajstić information content (AvgIpc) is 2.74. The summed E-state index contributed by atoms with van der Waals surface area (Å²) in [5.41, 5.74) is 3.28. The largest absolute Gasteiger partial charge is 0.339 e. The number of fused-ring (bicyclic) bond motifs is 1. The highest BCUT2D eigenvalue weighted by molar-refractivity contribution is 6.07. The quantitative estimate of drug-likeness (QED) is 0.670. The van der Waals surface area contributed by atoms with E-state index in [0.717, 1.165) is 60.2 Å². The minimum Gasteiger partial charge on any atom is -0.339 e. The van der Waals surface area contributed by atoms with Crippen LogP contribution in [0.1, 0.15) is 23.2 Å². The smallest absolute Gasteiger partial charge is 0.254 e. The molecule has 0 saturated carbocycles. The zero-order valence-corrected chi connectivity index (χ0v) is 18.0. The van der Waals surface area contributed by atoms with E-state index in [9.17, 15) is 4.79 Å². The third-order valence-electron chi connectivity index (χ3n) is 5.30. The van der Waals surface area contributed by atoms with Crippen molar-refractivity contribution in [2.45, 2.75) is 12.8 Å². The number of benzene rings is 1. The lowest BCUT2D eigenvalue weighted by atomic mass is 9.95. The van der Waals surface area contributed by atoms with Gasteiger partial charge in [0, 0.05) is 36.4 Å². The fourth-order valence-corrected chi connectivity index (χ4v) is 3.81. The first-order valence-electron chi connectivity index (χ1n) is 9.50. The Kier molecular flexibility index (Phi) is 8.38. The molecule has 1 aliphatic rings. The number of halogens is 2. The number of aromatic nitrogens is 2. The van der Waals surface area contributed by atoms with Crippen molar-refractivity contribution in [2.24, 2.45) is 5.92 Å². The third kappa shape index (κ3) is 5.04. The Morgan fingerprint density at radius 2 is 1.90 bits per heavy atom. The van der Waals surface area contributed by atoms with Crippen molar-refractivity contribution in [3.63, 3.8) is 0 Å². The molecule has 0 unspecified atom stereocenters. The molecule has 3 aromatic rings. The van der Waals surface area contributed by atoms with Gasteiger partial charge in [-0.05, 0) is 56.6 Å². The van der Waals surface area contributed by atoms with E-state index in [1.807, 2.05) is 54.4 Å². The summed E-state index contributed by atoms with van der Waals surface area (Å²) in [6.07, 6.45) is 5.62. The highest BCUT2D eigenvalue weighted by atomic mass is 35.5. The van der Waals surface area contributed by atoms with Gasteiger partial charge in [-0.1, -0.05) is 18.2 Å². The second-order valence-electron chi connectivity index (χ2n) is 7.11. The summed E-state index contributed by atoms with van der Waals surface area (Å²) in [4.78, 5) is 24.3. The number of nitrogens with zero attached hydrogens (tertiary/aromatic N) is 3. The molecule has 0 atom stereocenters. The van der Waals surface area contributed by atoms with Gasteiger partial charge in [-0.3, -0.25) is 9.78 Å². The highest BCUT2D eigenvalue weighted by Crippen LogP contribution is 2.27. The van der Waals surface area contributed by atoms with Crippen LogP contribution >= 0.6 is 24.8 Å². The molecule has 1 N–H and O–H groups in total. The first kappa shape index (κ1) is 23.1. The topological polar surface area (TPSA) is 58.1 Å². The van der Waals surface area contributed by atoms with E-state index in [-0.39, 0.29) is 30.7 Å². The predicted molar refractivity (Wildman–Crippen MR) is 122 cm³/mol. The summed E-state index contributed by atoms with van der Waals surface area (Å²) in [6.45, 7) is 2.64.